The van der Waals surface area contributed by atoms with Crippen LogP contribution in [0.1, 0.15) is 5.56 Å². The largest absolute Gasteiger partial charge is 0.471 e. The Morgan fingerprint density at radius 1 is 1.20 bits per heavy atom. The molecule has 0 spiro atoms. The number of carbonyl (C=O) groups excluding carboxylic acids is 1. The van der Waals surface area contributed by atoms with Gasteiger partial charge in [0.25, 0.3) is 0 Å². The van der Waals surface area contributed by atoms with Gasteiger partial charge in [-0.05, 0) is 48.9 Å². The summed E-state index contributed by atoms with van der Waals surface area (Å²) in [5, 5.41) is 0. The van der Waals surface area contributed by atoms with Gasteiger partial charge in [-0.1, -0.05) is 15.9 Å². The number of aryl methyl sites for hydroxylation is 1. The number of oxazole rings is 1. The SMILES string of the molecule is Cc1cc(N(C)C(=O)C(F)(F)F)cc2nc(-c3ccc(Br)cc3)oc12. The number of rotatable bonds is 2. The van der Waals surface area contributed by atoms with E-state index in [2.05, 4.69) is 20.9 Å². The maximum atomic E-state index is 12.6. The van der Waals surface area contributed by atoms with Gasteiger partial charge in [-0.3, -0.25) is 4.79 Å². The van der Waals surface area contributed by atoms with Gasteiger partial charge >= 0.3 is 12.1 Å². The number of alkyl halides is 3. The quantitative estimate of drug-likeness (QED) is 0.588. The van der Waals surface area contributed by atoms with Crippen molar-refractivity contribution >= 4 is 38.6 Å². The third kappa shape index (κ3) is 3.39. The minimum absolute atomic E-state index is 0.1000. The molecule has 0 bridgehead atoms. The van der Waals surface area contributed by atoms with Crippen molar-refractivity contribution in [3.05, 3.63) is 46.4 Å². The predicted molar refractivity (Wildman–Crippen MR) is 91.3 cm³/mol. The van der Waals surface area contributed by atoms with Gasteiger partial charge in [0.05, 0.1) is 0 Å². The highest BCUT2D eigenvalue weighted by Crippen LogP contribution is 2.31. The van der Waals surface area contributed by atoms with Crippen molar-refractivity contribution < 1.29 is 22.4 Å². The maximum absolute atomic E-state index is 12.6. The Bertz CT molecular complexity index is 949. The van der Waals surface area contributed by atoms with Gasteiger partial charge in [0.15, 0.2) is 5.58 Å². The van der Waals surface area contributed by atoms with Crippen molar-refractivity contribution in [2.75, 3.05) is 11.9 Å². The first kappa shape index (κ1) is 17.5. The summed E-state index contributed by atoms with van der Waals surface area (Å²) in [7, 11) is 1.08. The van der Waals surface area contributed by atoms with Crippen LogP contribution in [0.15, 0.2) is 45.3 Å². The molecule has 1 amide bonds. The number of benzene rings is 2. The second-order valence-electron chi connectivity index (χ2n) is 5.50. The number of carbonyl (C=O) groups is 1. The Morgan fingerprint density at radius 2 is 1.84 bits per heavy atom. The molecule has 0 aliphatic rings. The predicted octanol–water partition coefficient (Wildman–Crippen LogP) is 5.09. The number of aromatic nitrogens is 1. The minimum atomic E-state index is -4.94. The number of hydrogen-bond donors (Lipinski definition) is 0. The monoisotopic (exact) mass is 412 g/mol. The lowest BCUT2D eigenvalue weighted by atomic mass is 10.2. The first-order chi connectivity index (χ1) is 11.7. The van der Waals surface area contributed by atoms with E-state index in [1.165, 1.54) is 12.1 Å². The summed E-state index contributed by atoms with van der Waals surface area (Å²) < 4.78 is 44.5. The van der Waals surface area contributed by atoms with Gasteiger partial charge in [0, 0.05) is 22.8 Å². The van der Waals surface area contributed by atoms with Crippen LogP contribution < -0.4 is 4.90 Å². The Kier molecular flexibility index (Phi) is 4.32. The van der Waals surface area contributed by atoms with E-state index < -0.39 is 12.1 Å². The average molecular weight is 413 g/mol. The average Bonchev–Trinajstić information content (AvgIpc) is 2.98. The molecule has 130 valence electrons. The van der Waals surface area contributed by atoms with E-state index in [-0.39, 0.29) is 5.69 Å². The first-order valence-electron chi connectivity index (χ1n) is 7.19. The maximum Gasteiger partial charge on any atom is 0.471 e. The molecule has 2 aromatic carbocycles. The zero-order valence-corrected chi connectivity index (χ0v) is 14.8. The molecule has 3 rings (SSSR count). The van der Waals surface area contributed by atoms with Crippen LogP contribution in [0.5, 0.6) is 0 Å². The van der Waals surface area contributed by atoms with Gasteiger partial charge < -0.3 is 9.32 Å². The second-order valence-corrected chi connectivity index (χ2v) is 6.41. The smallest absolute Gasteiger partial charge is 0.436 e. The molecular weight excluding hydrogens is 401 g/mol. The van der Waals surface area contributed by atoms with Crippen LogP contribution in [0.4, 0.5) is 18.9 Å². The molecule has 0 saturated heterocycles. The zero-order chi connectivity index (χ0) is 18.4. The minimum Gasteiger partial charge on any atom is -0.436 e. The first-order valence-corrected chi connectivity index (χ1v) is 7.98. The Morgan fingerprint density at radius 3 is 2.44 bits per heavy atom. The summed E-state index contributed by atoms with van der Waals surface area (Å²) in [4.78, 5) is 16.3. The molecule has 8 heteroatoms. The molecule has 0 aliphatic heterocycles. The van der Waals surface area contributed by atoms with E-state index in [0.717, 1.165) is 17.1 Å². The molecular formula is C17H12BrF3N2O2. The fourth-order valence-electron chi connectivity index (χ4n) is 2.40. The van der Waals surface area contributed by atoms with E-state index in [0.29, 0.717) is 27.5 Å². The van der Waals surface area contributed by atoms with Crippen LogP contribution >= 0.6 is 15.9 Å². The van der Waals surface area contributed by atoms with Crippen LogP contribution in [-0.2, 0) is 4.79 Å². The number of fused-ring (bicyclic) bond motifs is 1. The molecule has 4 nitrogen and oxygen atoms in total. The summed E-state index contributed by atoms with van der Waals surface area (Å²) in [5.41, 5.74) is 2.28. The van der Waals surface area contributed by atoms with Crippen molar-refractivity contribution in [2.45, 2.75) is 13.1 Å². The normalized spacial score (nSPS) is 11.8. The van der Waals surface area contributed by atoms with Crippen LogP contribution in [0.2, 0.25) is 0 Å². The van der Waals surface area contributed by atoms with Crippen LogP contribution in [-0.4, -0.2) is 24.1 Å². The highest BCUT2D eigenvalue weighted by Gasteiger charge is 2.41. The van der Waals surface area contributed by atoms with Gasteiger partial charge in [-0.25, -0.2) is 4.98 Å². The zero-order valence-electron chi connectivity index (χ0n) is 13.2. The lowest BCUT2D eigenvalue weighted by Gasteiger charge is -2.19. The lowest BCUT2D eigenvalue weighted by Crippen LogP contribution is -2.38. The molecule has 0 saturated carbocycles. The molecule has 0 aliphatic carbocycles. The van der Waals surface area contributed by atoms with Gasteiger partial charge in [-0.15, -0.1) is 0 Å². The lowest BCUT2D eigenvalue weighted by molar-refractivity contribution is -0.170. The van der Waals surface area contributed by atoms with E-state index in [9.17, 15) is 18.0 Å². The van der Waals surface area contributed by atoms with E-state index >= 15 is 0 Å². The van der Waals surface area contributed by atoms with Crippen molar-refractivity contribution in [3.63, 3.8) is 0 Å². The summed E-state index contributed by atoms with van der Waals surface area (Å²) in [6.07, 6.45) is -4.94. The number of halogens is 4. The van der Waals surface area contributed by atoms with Crippen LogP contribution in [0.3, 0.4) is 0 Å². The highest BCUT2D eigenvalue weighted by molar-refractivity contribution is 9.10. The molecule has 0 unspecified atom stereocenters. The summed E-state index contributed by atoms with van der Waals surface area (Å²) in [6.45, 7) is 1.69. The van der Waals surface area contributed by atoms with Gasteiger partial charge in [0.1, 0.15) is 5.52 Å². The van der Waals surface area contributed by atoms with Crippen LogP contribution in [0, 0.1) is 6.92 Å². The number of amides is 1. The third-order valence-electron chi connectivity index (χ3n) is 3.69. The Labute approximate surface area is 149 Å². The Hall–Kier alpha value is -2.35. The fourth-order valence-corrected chi connectivity index (χ4v) is 2.66. The van der Waals surface area contributed by atoms with Gasteiger partial charge in [0.2, 0.25) is 5.89 Å². The second kappa shape index (κ2) is 6.18. The van der Waals surface area contributed by atoms with Crippen LogP contribution in [0.25, 0.3) is 22.6 Å². The molecule has 25 heavy (non-hydrogen) atoms. The topological polar surface area (TPSA) is 46.3 Å². The number of hydrogen-bond acceptors (Lipinski definition) is 3. The number of anilines is 1. The standard InChI is InChI=1S/C17H12BrF3N2O2/c1-9-7-12(23(2)16(24)17(19,20)21)8-13-14(9)25-15(22-13)10-3-5-11(18)6-4-10/h3-8H,1-2H3. The Balaban J connectivity index is 2.05. The van der Waals surface area contributed by atoms with Crippen molar-refractivity contribution in [1.29, 1.82) is 0 Å². The van der Waals surface area contributed by atoms with Crippen molar-refractivity contribution in [2.24, 2.45) is 0 Å². The molecule has 0 radical (unpaired) electrons. The molecule has 0 fully saturated rings. The fraction of sp³-hybridized carbons (Fsp3) is 0.176. The number of nitrogens with zero attached hydrogens (tertiary/aromatic N) is 2. The van der Waals surface area contributed by atoms with Crippen molar-refractivity contribution in [1.82, 2.24) is 4.98 Å². The van der Waals surface area contributed by atoms with Crippen molar-refractivity contribution in [3.8, 4) is 11.5 Å². The molecule has 0 atom stereocenters. The van der Waals surface area contributed by atoms with E-state index in [4.69, 9.17) is 4.42 Å². The molecule has 3 aromatic rings. The molecule has 0 N–H and O–H groups in total. The third-order valence-corrected chi connectivity index (χ3v) is 4.21. The highest BCUT2D eigenvalue weighted by atomic mass is 79.9. The summed E-state index contributed by atoms with van der Waals surface area (Å²) in [6, 6.07) is 10.1. The van der Waals surface area contributed by atoms with Gasteiger partial charge in [-0.2, -0.15) is 13.2 Å². The summed E-state index contributed by atoms with van der Waals surface area (Å²) in [5.74, 6) is -1.59. The van der Waals surface area contributed by atoms with E-state index in [1.807, 2.05) is 24.3 Å². The molecule has 1 aromatic heterocycles. The summed E-state index contributed by atoms with van der Waals surface area (Å²) >= 11 is 3.34. The van der Waals surface area contributed by atoms with E-state index in [1.54, 1.807) is 6.92 Å². The molecule has 1 heterocycles.